The molecule has 17 heavy (non-hydrogen) atoms. The van der Waals surface area contributed by atoms with Gasteiger partial charge in [-0.3, -0.25) is 0 Å². The first-order valence-corrected chi connectivity index (χ1v) is 5.91. The number of rotatable bonds is 5. The SMILES string of the molecule is CN(C)C(C)(C)COc1ncc(F)cc1CCl. The van der Waals surface area contributed by atoms with E-state index in [1.54, 1.807) is 0 Å². The number of aromatic nitrogens is 1. The maximum Gasteiger partial charge on any atom is 0.217 e. The van der Waals surface area contributed by atoms with Crippen LogP contribution in [0.25, 0.3) is 0 Å². The molecular weight excluding hydrogens is 243 g/mol. The van der Waals surface area contributed by atoms with Gasteiger partial charge in [-0.15, -0.1) is 11.6 Å². The zero-order valence-electron chi connectivity index (χ0n) is 10.6. The Morgan fingerprint density at radius 3 is 2.65 bits per heavy atom. The molecule has 1 rings (SSSR count). The van der Waals surface area contributed by atoms with Crippen LogP contribution in [0.3, 0.4) is 0 Å². The van der Waals surface area contributed by atoms with Gasteiger partial charge in [0.2, 0.25) is 5.88 Å². The third-order valence-corrected chi connectivity index (χ3v) is 3.10. The number of pyridine rings is 1. The first-order chi connectivity index (χ1) is 7.86. The Bertz CT molecular complexity index is 383. The van der Waals surface area contributed by atoms with Gasteiger partial charge in [0, 0.05) is 11.1 Å². The quantitative estimate of drug-likeness (QED) is 0.761. The summed E-state index contributed by atoms with van der Waals surface area (Å²) in [5.41, 5.74) is 0.445. The van der Waals surface area contributed by atoms with Gasteiger partial charge in [0.1, 0.15) is 12.4 Å². The van der Waals surface area contributed by atoms with Crippen molar-refractivity contribution in [2.24, 2.45) is 0 Å². The van der Waals surface area contributed by atoms with E-state index >= 15 is 0 Å². The number of likely N-dealkylation sites (N-methyl/N-ethyl adjacent to an activating group) is 1. The second kappa shape index (κ2) is 5.65. The molecule has 5 heteroatoms. The standard InChI is InChI=1S/C12H18ClFN2O/c1-12(2,16(3)4)8-17-11-9(6-13)5-10(14)7-15-11/h5,7H,6,8H2,1-4H3. The molecule has 0 saturated heterocycles. The highest BCUT2D eigenvalue weighted by Crippen LogP contribution is 2.20. The summed E-state index contributed by atoms with van der Waals surface area (Å²) in [6, 6.07) is 1.35. The maximum absolute atomic E-state index is 13.0. The molecule has 0 amide bonds. The summed E-state index contributed by atoms with van der Waals surface area (Å²) < 4.78 is 18.6. The molecule has 0 aliphatic carbocycles. The van der Waals surface area contributed by atoms with E-state index in [2.05, 4.69) is 23.7 Å². The van der Waals surface area contributed by atoms with Gasteiger partial charge >= 0.3 is 0 Å². The van der Waals surface area contributed by atoms with Crippen LogP contribution in [-0.4, -0.2) is 36.1 Å². The van der Waals surface area contributed by atoms with E-state index in [0.29, 0.717) is 18.1 Å². The van der Waals surface area contributed by atoms with Gasteiger partial charge in [0.05, 0.1) is 12.1 Å². The van der Waals surface area contributed by atoms with Gasteiger partial charge < -0.3 is 9.64 Å². The monoisotopic (exact) mass is 260 g/mol. The van der Waals surface area contributed by atoms with Crippen molar-refractivity contribution >= 4 is 11.6 Å². The number of alkyl halides is 1. The average Bonchev–Trinajstić information content (AvgIpc) is 2.27. The van der Waals surface area contributed by atoms with E-state index < -0.39 is 5.82 Å². The summed E-state index contributed by atoms with van der Waals surface area (Å²) >= 11 is 5.72. The van der Waals surface area contributed by atoms with Crippen LogP contribution in [0.1, 0.15) is 19.4 Å². The lowest BCUT2D eigenvalue weighted by Crippen LogP contribution is -2.43. The van der Waals surface area contributed by atoms with Crippen molar-refractivity contribution in [2.45, 2.75) is 25.3 Å². The van der Waals surface area contributed by atoms with Crippen LogP contribution in [0.15, 0.2) is 12.3 Å². The summed E-state index contributed by atoms with van der Waals surface area (Å²) in [4.78, 5) is 5.96. The van der Waals surface area contributed by atoms with Crippen LogP contribution in [-0.2, 0) is 5.88 Å². The molecule has 0 saturated carbocycles. The van der Waals surface area contributed by atoms with E-state index in [4.69, 9.17) is 16.3 Å². The molecule has 96 valence electrons. The fourth-order valence-corrected chi connectivity index (χ4v) is 1.26. The van der Waals surface area contributed by atoms with Crippen molar-refractivity contribution in [1.29, 1.82) is 0 Å². The largest absolute Gasteiger partial charge is 0.475 e. The molecular formula is C12H18ClFN2O. The first kappa shape index (κ1) is 14.2. The molecule has 0 N–H and O–H groups in total. The predicted molar refractivity (Wildman–Crippen MR) is 67.0 cm³/mol. The molecule has 0 fully saturated rings. The van der Waals surface area contributed by atoms with Gasteiger partial charge in [-0.25, -0.2) is 9.37 Å². The van der Waals surface area contributed by atoms with Gasteiger partial charge in [0.15, 0.2) is 0 Å². The highest BCUT2D eigenvalue weighted by molar-refractivity contribution is 6.17. The first-order valence-electron chi connectivity index (χ1n) is 5.37. The molecule has 0 spiro atoms. The molecule has 0 aliphatic heterocycles. The van der Waals surface area contributed by atoms with Crippen molar-refractivity contribution in [3.05, 3.63) is 23.6 Å². The molecule has 0 atom stereocenters. The lowest BCUT2D eigenvalue weighted by molar-refractivity contribution is 0.110. The van der Waals surface area contributed by atoms with Gasteiger partial charge in [-0.2, -0.15) is 0 Å². The Kier molecular flexibility index (Phi) is 4.71. The van der Waals surface area contributed by atoms with Crippen LogP contribution in [0, 0.1) is 5.82 Å². The zero-order valence-corrected chi connectivity index (χ0v) is 11.4. The molecule has 1 heterocycles. The van der Waals surface area contributed by atoms with Crippen molar-refractivity contribution in [2.75, 3.05) is 20.7 Å². The number of ether oxygens (including phenoxy) is 1. The minimum Gasteiger partial charge on any atom is -0.475 e. The number of hydrogen-bond donors (Lipinski definition) is 0. The third-order valence-electron chi connectivity index (χ3n) is 2.81. The van der Waals surface area contributed by atoms with E-state index in [1.165, 1.54) is 6.07 Å². The predicted octanol–water partition coefficient (Wildman–Crippen LogP) is 2.68. The van der Waals surface area contributed by atoms with E-state index in [9.17, 15) is 4.39 Å². The third kappa shape index (κ3) is 3.82. The Hall–Kier alpha value is -0.870. The topological polar surface area (TPSA) is 25.4 Å². The molecule has 0 radical (unpaired) electrons. The van der Waals surface area contributed by atoms with E-state index in [1.807, 2.05) is 14.1 Å². The van der Waals surface area contributed by atoms with Crippen molar-refractivity contribution in [1.82, 2.24) is 9.88 Å². The minimum atomic E-state index is -0.403. The van der Waals surface area contributed by atoms with Gasteiger partial charge in [0.25, 0.3) is 0 Å². The Morgan fingerprint density at radius 1 is 1.47 bits per heavy atom. The van der Waals surface area contributed by atoms with E-state index in [-0.39, 0.29) is 11.4 Å². The molecule has 1 aromatic rings. The van der Waals surface area contributed by atoms with Crippen molar-refractivity contribution < 1.29 is 9.13 Å². The van der Waals surface area contributed by atoms with Crippen molar-refractivity contribution in [3.8, 4) is 5.88 Å². The summed E-state index contributed by atoms with van der Waals surface area (Å²) in [6.45, 7) is 4.57. The number of hydrogen-bond acceptors (Lipinski definition) is 3. The molecule has 0 aromatic carbocycles. The van der Waals surface area contributed by atoms with Crippen LogP contribution < -0.4 is 4.74 Å². The smallest absolute Gasteiger partial charge is 0.217 e. The lowest BCUT2D eigenvalue weighted by Gasteiger charge is -2.32. The zero-order chi connectivity index (χ0) is 13.1. The summed E-state index contributed by atoms with van der Waals surface area (Å²) in [6.07, 6.45) is 1.13. The van der Waals surface area contributed by atoms with Crippen molar-refractivity contribution in [3.63, 3.8) is 0 Å². The molecule has 0 bridgehead atoms. The Balaban J connectivity index is 2.76. The number of nitrogens with zero attached hydrogens (tertiary/aromatic N) is 2. The average molecular weight is 261 g/mol. The molecule has 1 aromatic heterocycles. The summed E-state index contributed by atoms with van der Waals surface area (Å²) in [5, 5.41) is 0. The molecule has 0 unspecified atom stereocenters. The van der Waals surface area contributed by atoms with E-state index in [0.717, 1.165) is 6.20 Å². The normalized spacial score (nSPS) is 11.9. The molecule has 3 nitrogen and oxygen atoms in total. The highest BCUT2D eigenvalue weighted by Gasteiger charge is 2.22. The molecule has 0 aliphatic rings. The Morgan fingerprint density at radius 2 is 2.12 bits per heavy atom. The summed E-state index contributed by atoms with van der Waals surface area (Å²) in [7, 11) is 3.95. The summed E-state index contributed by atoms with van der Waals surface area (Å²) in [5.74, 6) is 0.179. The second-order valence-electron chi connectivity index (χ2n) is 4.75. The van der Waals surface area contributed by atoms with Crippen LogP contribution in [0.2, 0.25) is 0 Å². The second-order valence-corrected chi connectivity index (χ2v) is 5.01. The highest BCUT2D eigenvalue weighted by atomic mass is 35.5. The fourth-order valence-electron chi connectivity index (χ4n) is 1.07. The number of halogens is 2. The lowest BCUT2D eigenvalue weighted by atomic mass is 10.1. The minimum absolute atomic E-state index is 0.125. The Labute approximate surface area is 107 Å². The van der Waals surface area contributed by atoms with Gasteiger partial charge in [-0.05, 0) is 34.0 Å². The fraction of sp³-hybridized carbons (Fsp3) is 0.583. The van der Waals surface area contributed by atoms with Crippen LogP contribution in [0.4, 0.5) is 4.39 Å². The maximum atomic E-state index is 13.0. The van der Waals surface area contributed by atoms with Crippen LogP contribution >= 0.6 is 11.6 Å². The van der Waals surface area contributed by atoms with Crippen LogP contribution in [0.5, 0.6) is 5.88 Å². The van der Waals surface area contributed by atoms with Gasteiger partial charge in [-0.1, -0.05) is 0 Å².